The highest BCUT2D eigenvalue weighted by atomic mass is 19.2. The minimum Gasteiger partial charge on any atom is -0.481 e. The molecule has 0 spiro atoms. The summed E-state index contributed by atoms with van der Waals surface area (Å²) in [5, 5.41) is 9.40. The monoisotopic (exact) mass is 297 g/mol. The molecule has 1 aliphatic rings. The fourth-order valence-corrected chi connectivity index (χ4v) is 2.91. The van der Waals surface area contributed by atoms with E-state index < -0.39 is 29.6 Å². The molecule has 1 aromatic rings. The minimum atomic E-state index is -1.10. The molecule has 1 saturated heterocycles. The maximum Gasteiger partial charge on any atom is 0.308 e. The summed E-state index contributed by atoms with van der Waals surface area (Å²) in [6.07, 6.45) is 0.920. The summed E-state index contributed by atoms with van der Waals surface area (Å²) in [4.78, 5) is 24.9. The zero-order chi connectivity index (χ0) is 15.6. The van der Waals surface area contributed by atoms with E-state index in [1.54, 1.807) is 6.92 Å². The van der Waals surface area contributed by atoms with Crippen LogP contribution in [0.2, 0.25) is 0 Å². The summed E-state index contributed by atoms with van der Waals surface area (Å²) in [6, 6.07) is 2.68. The van der Waals surface area contributed by atoms with E-state index in [1.165, 1.54) is 17.0 Å². The third kappa shape index (κ3) is 2.89. The van der Waals surface area contributed by atoms with Gasteiger partial charge in [-0.05, 0) is 25.8 Å². The van der Waals surface area contributed by atoms with Crippen molar-refractivity contribution in [2.24, 2.45) is 5.92 Å². The van der Waals surface area contributed by atoms with Crippen molar-refractivity contribution in [1.29, 1.82) is 0 Å². The molecule has 0 radical (unpaired) electrons. The van der Waals surface area contributed by atoms with Gasteiger partial charge >= 0.3 is 5.97 Å². The predicted octanol–water partition coefficient (Wildman–Crippen LogP) is 2.74. The molecule has 2 rings (SSSR count). The topological polar surface area (TPSA) is 57.6 Å². The van der Waals surface area contributed by atoms with Gasteiger partial charge in [0.25, 0.3) is 0 Å². The molecule has 114 valence electrons. The lowest BCUT2D eigenvalue weighted by atomic mass is 9.89. The van der Waals surface area contributed by atoms with Crippen LogP contribution in [-0.2, 0) is 9.59 Å². The number of rotatable bonds is 3. The van der Waals surface area contributed by atoms with Gasteiger partial charge in [-0.15, -0.1) is 0 Å². The first-order valence-corrected chi connectivity index (χ1v) is 6.93. The van der Waals surface area contributed by atoms with Crippen LogP contribution in [0.1, 0.15) is 37.8 Å². The van der Waals surface area contributed by atoms with Crippen molar-refractivity contribution in [2.45, 2.75) is 32.2 Å². The van der Waals surface area contributed by atoms with Gasteiger partial charge in [0.2, 0.25) is 5.91 Å². The van der Waals surface area contributed by atoms with Crippen molar-refractivity contribution in [3.8, 4) is 0 Å². The number of halogens is 2. The van der Waals surface area contributed by atoms with Gasteiger partial charge in [0, 0.05) is 18.5 Å². The number of benzene rings is 1. The van der Waals surface area contributed by atoms with Crippen LogP contribution >= 0.6 is 0 Å². The zero-order valence-electron chi connectivity index (χ0n) is 11.7. The molecule has 1 aromatic carbocycles. The molecule has 6 heteroatoms. The molecule has 1 fully saturated rings. The Labute approximate surface area is 121 Å². The molecule has 21 heavy (non-hydrogen) atoms. The third-order valence-electron chi connectivity index (χ3n) is 3.90. The van der Waals surface area contributed by atoms with Crippen molar-refractivity contribution in [3.63, 3.8) is 0 Å². The second-order valence-electron chi connectivity index (χ2n) is 5.10. The number of aliphatic carboxylic acids is 1. The summed E-state index contributed by atoms with van der Waals surface area (Å²) < 4.78 is 27.6. The lowest BCUT2D eigenvalue weighted by molar-refractivity contribution is -0.146. The van der Waals surface area contributed by atoms with Crippen LogP contribution in [0.5, 0.6) is 0 Å². The normalized spacial score (nSPS) is 23.0. The smallest absolute Gasteiger partial charge is 0.308 e. The molecular weight excluding hydrogens is 280 g/mol. The van der Waals surface area contributed by atoms with E-state index in [2.05, 4.69) is 0 Å². The molecule has 0 aromatic heterocycles. The number of carbonyl (C=O) groups is 2. The van der Waals surface area contributed by atoms with Crippen LogP contribution in [0.3, 0.4) is 0 Å². The van der Waals surface area contributed by atoms with Gasteiger partial charge in [-0.3, -0.25) is 9.59 Å². The van der Waals surface area contributed by atoms with E-state index in [9.17, 15) is 23.5 Å². The highest BCUT2D eigenvalue weighted by Crippen LogP contribution is 2.37. The van der Waals surface area contributed by atoms with Crippen molar-refractivity contribution in [3.05, 3.63) is 35.4 Å². The maximum atomic E-state index is 14.1. The van der Waals surface area contributed by atoms with Crippen molar-refractivity contribution in [1.82, 2.24) is 4.90 Å². The molecular formula is C15H17F2NO3. The lowest BCUT2D eigenvalue weighted by Gasteiger charge is -2.33. The van der Waals surface area contributed by atoms with Gasteiger partial charge in [-0.25, -0.2) is 8.78 Å². The molecule has 0 saturated carbocycles. The Morgan fingerprint density at radius 3 is 2.76 bits per heavy atom. The van der Waals surface area contributed by atoms with E-state index in [-0.39, 0.29) is 30.9 Å². The highest BCUT2D eigenvalue weighted by Gasteiger charge is 2.39. The number of amides is 1. The summed E-state index contributed by atoms with van der Waals surface area (Å²) >= 11 is 0. The van der Waals surface area contributed by atoms with E-state index in [1.807, 2.05) is 0 Å². The Morgan fingerprint density at radius 1 is 1.43 bits per heavy atom. The molecule has 1 heterocycles. The van der Waals surface area contributed by atoms with Gasteiger partial charge in [0.15, 0.2) is 11.6 Å². The van der Waals surface area contributed by atoms with Crippen molar-refractivity contribution >= 4 is 11.9 Å². The Hall–Kier alpha value is -1.98. The third-order valence-corrected chi connectivity index (χ3v) is 3.90. The summed E-state index contributed by atoms with van der Waals surface area (Å²) in [6.45, 7) is 1.95. The van der Waals surface area contributed by atoms with Gasteiger partial charge in [0.1, 0.15) is 0 Å². The second kappa shape index (κ2) is 6.20. The van der Waals surface area contributed by atoms with Gasteiger partial charge in [-0.1, -0.05) is 12.1 Å². The Kier molecular flexibility index (Phi) is 4.55. The average Bonchev–Trinajstić information content (AvgIpc) is 2.60. The van der Waals surface area contributed by atoms with E-state index in [0.717, 1.165) is 6.07 Å². The van der Waals surface area contributed by atoms with Crippen LogP contribution in [0, 0.1) is 17.6 Å². The SMILES string of the molecule is CCN1C(=O)CCCC(C(=O)O)C1c1cccc(F)c1F. The molecule has 1 amide bonds. The lowest BCUT2D eigenvalue weighted by Crippen LogP contribution is -2.39. The Balaban J connectivity index is 2.56. The highest BCUT2D eigenvalue weighted by molar-refractivity contribution is 5.79. The fourth-order valence-electron chi connectivity index (χ4n) is 2.91. The van der Waals surface area contributed by atoms with Crippen LogP contribution in [-0.4, -0.2) is 28.4 Å². The number of carboxylic acid groups (broad SMARTS) is 1. The molecule has 2 unspecified atom stereocenters. The van der Waals surface area contributed by atoms with Gasteiger partial charge in [-0.2, -0.15) is 0 Å². The number of hydrogen-bond donors (Lipinski definition) is 1. The summed E-state index contributed by atoms with van der Waals surface area (Å²) in [5.74, 6) is -4.38. The van der Waals surface area contributed by atoms with Crippen LogP contribution < -0.4 is 0 Å². The quantitative estimate of drug-likeness (QED) is 0.933. The van der Waals surface area contributed by atoms with Crippen LogP contribution in [0.15, 0.2) is 18.2 Å². The van der Waals surface area contributed by atoms with E-state index >= 15 is 0 Å². The fraction of sp³-hybridized carbons (Fsp3) is 0.467. The summed E-state index contributed by atoms with van der Waals surface area (Å²) in [5.41, 5.74) is -0.0699. The average molecular weight is 297 g/mol. The number of carboxylic acids is 1. The largest absolute Gasteiger partial charge is 0.481 e. The first-order chi connectivity index (χ1) is 9.97. The number of carbonyl (C=O) groups excluding carboxylic acids is 1. The van der Waals surface area contributed by atoms with Gasteiger partial charge < -0.3 is 10.0 Å². The predicted molar refractivity (Wildman–Crippen MR) is 71.5 cm³/mol. The number of nitrogens with zero attached hydrogens (tertiary/aromatic N) is 1. The molecule has 2 atom stereocenters. The Bertz CT molecular complexity index is 560. The van der Waals surface area contributed by atoms with Gasteiger partial charge in [0.05, 0.1) is 12.0 Å². The first kappa shape index (κ1) is 15.4. The molecule has 1 aliphatic heterocycles. The van der Waals surface area contributed by atoms with E-state index in [4.69, 9.17) is 0 Å². The molecule has 0 bridgehead atoms. The number of likely N-dealkylation sites (tertiary alicyclic amines) is 1. The van der Waals surface area contributed by atoms with Crippen molar-refractivity contribution in [2.75, 3.05) is 6.54 Å². The van der Waals surface area contributed by atoms with E-state index in [0.29, 0.717) is 6.42 Å². The zero-order valence-corrected chi connectivity index (χ0v) is 11.7. The molecule has 4 nitrogen and oxygen atoms in total. The molecule has 0 aliphatic carbocycles. The van der Waals surface area contributed by atoms with Crippen molar-refractivity contribution < 1.29 is 23.5 Å². The molecule has 1 N–H and O–H groups in total. The Morgan fingerprint density at radius 2 is 2.14 bits per heavy atom. The maximum absolute atomic E-state index is 14.1. The van der Waals surface area contributed by atoms with Crippen LogP contribution in [0.25, 0.3) is 0 Å². The first-order valence-electron chi connectivity index (χ1n) is 6.93. The number of hydrogen-bond acceptors (Lipinski definition) is 2. The summed E-state index contributed by atoms with van der Waals surface area (Å²) in [7, 11) is 0. The van der Waals surface area contributed by atoms with Crippen LogP contribution in [0.4, 0.5) is 8.78 Å². The minimum absolute atomic E-state index is 0.0699. The second-order valence-corrected chi connectivity index (χ2v) is 5.10. The standard InChI is InChI=1S/C15H17F2NO3/c1-2-18-12(19)8-4-6-10(15(20)21)14(18)9-5-3-7-11(16)13(9)17/h3,5,7,10,14H,2,4,6,8H2,1H3,(H,20,21).